The molecule has 0 saturated carbocycles. The van der Waals surface area contributed by atoms with Gasteiger partial charge in [-0.2, -0.15) is 0 Å². The average molecular weight is 317 g/mol. The lowest BCUT2D eigenvalue weighted by Gasteiger charge is -2.26. The number of carbonyl (C=O) groups is 1. The third-order valence-corrected chi connectivity index (χ3v) is 4.73. The number of halogens is 1. The van der Waals surface area contributed by atoms with Crippen LogP contribution >= 0.6 is 27.3 Å². The molecule has 1 unspecified atom stereocenters. The smallest absolute Gasteiger partial charge is 0.254 e. The van der Waals surface area contributed by atoms with Gasteiger partial charge in [0, 0.05) is 18.5 Å². The normalized spacial score (nSPS) is 20.9. The number of hydrogen-bond acceptors (Lipinski definition) is 3. The zero-order valence-electron chi connectivity index (χ0n) is 9.91. The third kappa shape index (κ3) is 3.30. The van der Waals surface area contributed by atoms with E-state index >= 15 is 0 Å². The molecule has 1 aliphatic heterocycles. The summed E-state index contributed by atoms with van der Waals surface area (Å²) in [5, 5.41) is 5.29. The highest BCUT2D eigenvalue weighted by Gasteiger charge is 2.22. The minimum atomic E-state index is 0.138. The molecule has 0 bridgehead atoms. The van der Waals surface area contributed by atoms with Crippen molar-refractivity contribution in [3.05, 3.63) is 20.8 Å². The summed E-state index contributed by atoms with van der Waals surface area (Å²) in [5.41, 5.74) is 0.793. The summed E-state index contributed by atoms with van der Waals surface area (Å²) in [5.74, 6) is 0.138. The Bertz CT molecular complexity index is 386. The summed E-state index contributed by atoms with van der Waals surface area (Å²) in [6.45, 7) is 2.08. The van der Waals surface area contributed by atoms with E-state index in [0.29, 0.717) is 6.04 Å². The van der Waals surface area contributed by atoms with Crippen LogP contribution in [0.1, 0.15) is 29.6 Å². The Morgan fingerprint density at radius 1 is 1.53 bits per heavy atom. The van der Waals surface area contributed by atoms with Gasteiger partial charge < -0.3 is 10.2 Å². The summed E-state index contributed by atoms with van der Waals surface area (Å²) in [6, 6.07) is 2.27. The van der Waals surface area contributed by atoms with Crippen LogP contribution in [0, 0.1) is 0 Å². The van der Waals surface area contributed by atoms with Crippen molar-refractivity contribution in [2.75, 3.05) is 20.1 Å². The number of nitrogens with zero attached hydrogens (tertiary/aromatic N) is 1. The molecule has 3 nitrogen and oxygen atoms in total. The van der Waals surface area contributed by atoms with Crippen molar-refractivity contribution in [2.24, 2.45) is 0 Å². The zero-order valence-corrected chi connectivity index (χ0v) is 12.3. The van der Waals surface area contributed by atoms with Gasteiger partial charge in [0.1, 0.15) is 0 Å². The number of carbonyl (C=O) groups excluding carboxylic acids is 1. The van der Waals surface area contributed by atoms with Crippen LogP contribution in [0.15, 0.2) is 15.2 Å². The number of nitrogens with one attached hydrogen (secondary N) is 1. The van der Waals surface area contributed by atoms with Crippen molar-refractivity contribution in [1.29, 1.82) is 0 Å². The largest absolute Gasteiger partial charge is 0.339 e. The van der Waals surface area contributed by atoms with Crippen molar-refractivity contribution in [3.63, 3.8) is 0 Å². The Hall–Kier alpha value is -0.390. The first-order valence-corrected chi connectivity index (χ1v) is 7.57. The SMILES string of the molecule is CN(C(=O)c1csc(Br)c1)C1CCCNCC1. The number of rotatable bonds is 2. The van der Waals surface area contributed by atoms with Crippen molar-refractivity contribution in [2.45, 2.75) is 25.3 Å². The van der Waals surface area contributed by atoms with E-state index in [1.807, 2.05) is 23.4 Å². The molecule has 0 radical (unpaired) electrons. The van der Waals surface area contributed by atoms with Crippen LogP contribution in [0.2, 0.25) is 0 Å². The van der Waals surface area contributed by atoms with Gasteiger partial charge in [-0.1, -0.05) is 0 Å². The maximum atomic E-state index is 12.3. The molecule has 94 valence electrons. The van der Waals surface area contributed by atoms with E-state index < -0.39 is 0 Å². The molecule has 0 aromatic carbocycles. The van der Waals surface area contributed by atoms with Crippen LogP contribution < -0.4 is 5.32 Å². The molecule has 1 saturated heterocycles. The highest BCUT2D eigenvalue weighted by atomic mass is 79.9. The minimum absolute atomic E-state index is 0.138. The number of hydrogen-bond donors (Lipinski definition) is 1. The fraction of sp³-hybridized carbons (Fsp3) is 0.583. The molecule has 1 amide bonds. The lowest BCUT2D eigenvalue weighted by Crippen LogP contribution is -2.37. The molecule has 1 aromatic heterocycles. The second-order valence-corrected chi connectivity index (χ2v) is 6.68. The van der Waals surface area contributed by atoms with E-state index in [1.165, 1.54) is 0 Å². The molecule has 1 fully saturated rings. The average Bonchev–Trinajstić information content (AvgIpc) is 2.60. The maximum absolute atomic E-state index is 12.3. The molecule has 17 heavy (non-hydrogen) atoms. The summed E-state index contributed by atoms with van der Waals surface area (Å²) < 4.78 is 1.01. The van der Waals surface area contributed by atoms with Crippen LogP contribution in [0.5, 0.6) is 0 Å². The molecule has 0 aliphatic carbocycles. The topological polar surface area (TPSA) is 32.3 Å². The second kappa shape index (κ2) is 5.98. The molecule has 0 spiro atoms. The van der Waals surface area contributed by atoms with Gasteiger partial charge in [0.25, 0.3) is 5.91 Å². The van der Waals surface area contributed by atoms with Crippen LogP contribution in [-0.4, -0.2) is 37.0 Å². The molecule has 1 atom stereocenters. The fourth-order valence-electron chi connectivity index (χ4n) is 2.18. The van der Waals surface area contributed by atoms with Crippen LogP contribution in [0.4, 0.5) is 0 Å². The number of thiophene rings is 1. The Labute approximate surface area is 114 Å². The zero-order chi connectivity index (χ0) is 12.3. The summed E-state index contributed by atoms with van der Waals surface area (Å²) in [6.07, 6.45) is 3.30. The summed E-state index contributed by atoms with van der Waals surface area (Å²) in [4.78, 5) is 14.2. The van der Waals surface area contributed by atoms with Crippen molar-refractivity contribution in [1.82, 2.24) is 10.2 Å². The monoisotopic (exact) mass is 316 g/mol. The molecular formula is C12H17BrN2OS. The van der Waals surface area contributed by atoms with E-state index in [2.05, 4.69) is 21.2 Å². The molecule has 1 aromatic rings. The number of amides is 1. The predicted molar refractivity (Wildman–Crippen MR) is 74.6 cm³/mol. The third-order valence-electron chi connectivity index (χ3n) is 3.23. The highest BCUT2D eigenvalue weighted by molar-refractivity contribution is 9.11. The van der Waals surface area contributed by atoms with Gasteiger partial charge in [-0.15, -0.1) is 11.3 Å². The Morgan fingerprint density at radius 3 is 3.06 bits per heavy atom. The van der Waals surface area contributed by atoms with Crippen molar-refractivity contribution in [3.8, 4) is 0 Å². The highest BCUT2D eigenvalue weighted by Crippen LogP contribution is 2.23. The van der Waals surface area contributed by atoms with E-state index in [0.717, 1.165) is 41.7 Å². The molecule has 2 heterocycles. The minimum Gasteiger partial charge on any atom is -0.339 e. The first-order valence-electron chi connectivity index (χ1n) is 5.90. The Morgan fingerprint density at radius 2 is 2.35 bits per heavy atom. The summed E-state index contributed by atoms with van der Waals surface area (Å²) >= 11 is 4.95. The molecule has 5 heteroatoms. The van der Waals surface area contributed by atoms with Gasteiger partial charge in [0.15, 0.2) is 0 Å². The Balaban J connectivity index is 2.03. The fourth-order valence-corrected chi connectivity index (χ4v) is 3.31. The van der Waals surface area contributed by atoms with E-state index in [9.17, 15) is 4.79 Å². The standard InChI is InChI=1S/C12H17BrN2OS/c1-15(10-3-2-5-14-6-4-10)12(16)9-7-11(13)17-8-9/h7-8,10,14H,2-6H2,1H3. The summed E-state index contributed by atoms with van der Waals surface area (Å²) in [7, 11) is 1.92. The van der Waals surface area contributed by atoms with Crippen LogP contribution in [0.3, 0.4) is 0 Å². The molecule has 1 N–H and O–H groups in total. The van der Waals surface area contributed by atoms with Gasteiger partial charge in [-0.05, 0) is 54.3 Å². The molecule has 1 aliphatic rings. The van der Waals surface area contributed by atoms with E-state index in [4.69, 9.17) is 0 Å². The quantitative estimate of drug-likeness (QED) is 0.910. The predicted octanol–water partition coefficient (Wildman–Crippen LogP) is 2.72. The second-order valence-electron chi connectivity index (χ2n) is 4.39. The van der Waals surface area contributed by atoms with Gasteiger partial charge in [-0.3, -0.25) is 4.79 Å². The van der Waals surface area contributed by atoms with Crippen LogP contribution in [-0.2, 0) is 0 Å². The molecular weight excluding hydrogens is 300 g/mol. The van der Waals surface area contributed by atoms with E-state index in [-0.39, 0.29) is 5.91 Å². The molecule has 2 rings (SSSR count). The maximum Gasteiger partial charge on any atom is 0.254 e. The first kappa shape index (κ1) is 13.1. The lowest BCUT2D eigenvalue weighted by molar-refractivity contribution is 0.0721. The van der Waals surface area contributed by atoms with Gasteiger partial charge in [0.2, 0.25) is 0 Å². The van der Waals surface area contributed by atoms with Gasteiger partial charge in [-0.25, -0.2) is 0 Å². The van der Waals surface area contributed by atoms with Crippen molar-refractivity contribution >= 4 is 33.2 Å². The van der Waals surface area contributed by atoms with Gasteiger partial charge >= 0.3 is 0 Å². The van der Waals surface area contributed by atoms with Crippen LogP contribution in [0.25, 0.3) is 0 Å². The lowest BCUT2D eigenvalue weighted by atomic mass is 10.1. The Kier molecular flexibility index (Phi) is 4.59. The first-order chi connectivity index (χ1) is 8.18. The van der Waals surface area contributed by atoms with E-state index in [1.54, 1.807) is 11.3 Å². The van der Waals surface area contributed by atoms with Crippen molar-refractivity contribution < 1.29 is 4.79 Å². The van der Waals surface area contributed by atoms with Gasteiger partial charge in [0.05, 0.1) is 9.35 Å².